The van der Waals surface area contributed by atoms with Gasteiger partial charge in [0.25, 0.3) is 0 Å². The van der Waals surface area contributed by atoms with E-state index >= 15 is 0 Å². The Morgan fingerprint density at radius 2 is 1.00 bits per heavy atom. The number of rotatable bonds is 5. The molecule has 0 unspecified atom stereocenters. The number of hydrogen-bond acceptors (Lipinski definition) is 0. The highest BCUT2D eigenvalue weighted by atomic mass is 14.1. The molecule has 3 rings (SSSR count). The molecule has 0 saturated carbocycles. The van der Waals surface area contributed by atoms with E-state index in [1.165, 1.54) is 33.4 Å². The molecule has 0 spiro atoms. The maximum atomic E-state index is 2.35. The molecule has 0 aliphatic carbocycles. The highest BCUT2D eigenvalue weighted by Gasteiger charge is 2.01. The lowest BCUT2D eigenvalue weighted by Gasteiger charge is -2.08. The Hall–Kier alpha value is -2.34. The van der Waals surface area contributed by atoms with E-state index in [0.717, 1.165) is 19.3 Å². The van der Waals surface area contributed by atoms with E-state index in [1.807, 2.05) is 0 Å². The summed E-state index contributed by atoms with van der Waals surface area (Å²) in [7, 11) is 0. The molecule has 23 heavy (non-hydrogen) atoms. The normalized spacial score (nSPS) is 10.7. The summed E-state index contributed by atoms with van der Waals surface area (Å²) in [4.78, 5) is 0. The third-order valence-corrected chi connectivity index (χ3v) is 4.29. The molecule has 0 saturated heterocycles. The first-order valence-electron chi connectivity index (χ1n) is 8.44. The molecule has 0 fully saturated rings. The third kappa shape index (κ3) is 4.32. The molecule has 0 radical (unpaired) electrons. The molecule has 0 N–H and O–H groups in total. The summed E-state index contributed by atoms with van der Waals surface area (Å²) in [5, 5.41) is 0. The number of benzene rings is 3. The van der Waals surface area contributed by atoms with Gasteiger partial charge in [-0.05, 0) is 54.0 Å². The second kappa shape index (κ2) is 7.28. The van der Waals surface area contributed by atoms with Crippen molar-refractivity contribution in [3.8, 4) is 0 Å². The predicted octanol–water partition coefficient (Wildman–Crippen LogP) is 5.74. The monoisotopic (exact) mass is 300 g/mol. The highest BCUT2D eigenvalue weighted by Crippen LogP contribution is 2.16. The van der Waals surface area contributed by atoms with Gasteiger partial charge in [-0.3, -0.25) is 0 Å². The molecule has 0 aromatic heterocycles. The van der Waals surface area contributed by atoms with Crippen LogP contribution in [0.25, 0.3) is 0 Å². The molecule has 0 aliphatic rings. The van der Waals surface area contributed by atoms with Crippen LogP contribution in [0.2, 0.25) is 0 Å². The van der Waals surface area contributed by atoms with E-state index < -0.39 is 0 Å². The summed E-state index contributed by atoms with van der Waals surface area (Å²) >= 11 is 0. The molecule has 0 aliphatic heterocycles. The van der Waals surface area contributed by atoms with E-state index in [0.29, 0.717) is 0 Å². The molecule has 0 heteroatoms. The summed E-state index contributed by atoms with van der Waals surface area (Å²) in [5.41, 5.74) is 8.31. The molecule has 3 aromatic carbocycles. The standard InChI is InChI=1S/C23H24/c1-3-19-8-5-10-21(14-19)16-23-12-6-11-22(17-23)15-20-9-4-7-18(2)13-20/h4-14,17H,3,15-16H2,1-2H3. The summed E-state index contributed by atoms with van der Waals surface area (Å²) in [6.07, 6.45) is 3.11. The molecule has 0 heterocycles. The molecule has 0 nitrogen and oxygen atoms in total. The average molecular weight is 300 g/mol. The van der Waals surface area contributed by atoms with E-state index in [9.17, 15) is 0 Å². The first kappa shape index (κ1) is 15.6. The van der Waals surface area contributed by atoms with Gasteiger partial charge in [-0.1, -0.05) is 85.3 Å². The van der Waals surface area contributed by atoms with Gasteiger partial charge in [0.1, 0.15) is 0 Å². The minimum Gasteiger partial charge on any atom is -0.0617 e. The fourth-order valence-corrected chi connectivity index (χ4v) is 3.10. The Morgan fingerprint density at radius 1 is 0.565 bits per heavy atom. The van der Waals surface area contributed by atoms with Crippen LogP contribution in [-0.2, 0) is 19.3 Å². The van der Waals surface area contributed by atoms with Crippen molar-refractivity contribution < 1.29 is 0 Å². The van der Waals surface area contributed by atoms with Crippen LogP contribution in [0.5, 0.6) is 0 Å². The van der Waals surface area contributed by atoms with E-state index in [4.69, 9.17) is 0 Å². The topological polar surface area (TPSA) is 0 Å². The fraction of sp³-hybridized carbons (Fsp3) is 0.217. The molecule has 0 bridgehead atoms. The van der Waals surface area contributed by atoms with Crippen molar-refractivity contribution in [2.45, 2.75) is 33.1 Å². The van der Waals surface area contributed by atoms with Gasteiger partial charge >= 0.3 is 0 Å². The molecule has 3 aromatic rings. The van der Waals surface area contributed by atoms with Crippen LogP contribution in [-0.4, -0.2) is 0 Å². The quantitative estimate of drug-likeness (QED) is 0.563. The average Bonchev–Trinajstić information content (AvgIpc) is 2.55. The van der Waals surface area contributed by atoms with Crippen molar-refractivity contribution in [1.82, 2.24) is 0 Å². The van der Waals surface area contributed by atoms with Crippen LogP contribution in [0.15, 0.2) is 72.8 Å². The van der Waals surface area contributed by atoms with Crippen molar-refractivity contribution in [2.75, 3.05) is 0 Å². The lowest BCUT2D eigenvalue weighted by Crippen LogP contribution is -1.93. The smallest absolute Gasteiger partial charge is 0.00256 e. The first-order chi connectivity index (χ1) is 11.2. The van der Waals surface area contributed by atoms with Gasteiger partial charge in [-0.2, -0.15) is 0 Å². The zero-order valence-corrected chi connectivity index (χ0v) is 14.0. The van der Waals surface area contributed by atoms with Crippen LogP contribution >= 0.6 is 0 Å². The Kier molecular flexibility index (Phi) is 4.92. The van der Waals surface area contributed by atoms with Gasteiger partial charge in [0.05, 0.1) is 0 Å². The predicted molar refractivity (Wildman–Crippen MR) is 99.1 cm³/mol. The summed E-state index contributed by atoms with van der Waals surface area (Å²) in [6.45, 7) is 4.36. The lowest BCUT2D eigenvalue weighted by atomic mass is 9.98. The lowest BCUT2D eigenvalue weighted by molar-refractivity contribution is 1.10. The number of aryl methyl sites for hydroxylation is 2. The van der Waals surface area contributed by atoms with Crippen LogP contribution in [0.1, 0.15) is 40.3 Å². The van der Waals surface area contributed by atoms with Gasteiger partial charge in [-0.25, -0.2) is 0 Å². The highest BCUT2D eigenvalue weighted by molar-refractivity contribution is 5.34. The minimum atomic E-state index is 1.00. The zero-order valence-electron chi connectivity index (χ0n) is 14.0. The maximum Gasteiger partial charge on any atom is -0.00256 e. The minimum absolute atomic E-state index is 1.00. The molecule has 0 amide bonds. The maximum absolute atomic E-state index is 2.35. The summed E-state index contributed by atoms with van der Waals surface area (Å²) in [5.74, 6) is 0. The Balaban J connectivity index is 1.76. The largest absolute Gasteiger partial charge is 0.0617 e. The first-order valence-corrected chi connectivity index (χ1v) is 8.44. The van der Waals surface area contributed by atoms with E-state index in [1.54, 1.807) is 0 Å². The fourth-order valence-electron chi connectivity index (χ4n) is 3.10. The zero-order chi connectivity index (χ0) is 16.1. The summed E-state index contributed by atoms with van der Waals surface area (Å²) < 4.78 is 0. The van der Waals surface area contributed by atoms with Crippen molar-refractivity contribution in [3.05, 3.63) is 106 Å². The third-order valence-electron chi connectivity index (χ3n) is 4.29. The second-order valence-corrected chi connectivity index (χ2v) is 6.34. The molecule has 0 atom stereocenters. The van der Waals surface area contributed by atoms with Gasteiger partial charge in [0.15, 0.2) is 0 Å². The van der Waals surface area contributed by atoms with E-state index in [-0.39, 0.29) is 0 Å². The van der Waals surface area contributed by atoms with Crippen molar-refractivity contribution >= 4 is 0 Å². The van der Waals surface area contributed by atoms with Crippen LogP contribution in [0.4, 0.5) is 0 Å². The van der Waals surface area contributed by atoms with Crippen molar-refractivity contribution in [1.29, 1.82) is 0 Å². The van der Waals surface area contributed by atoms with Gasteiger partial charge in [0, 0.05) is 0 Å². The van der Waals surface area contributed by atoms with Crippen molar-refractivity contribution in [2.24, 2.45) is 0 Å². The van der Waals surface area contributed by atoms with Gasteiger partial charge in [-0.15, -0.1) is 0 Å². The van der Waals surface area contributed by atoms with Crippen molar-refractivity contribution in [3.63, 3.8) is 0 Å². The Labute approximate surface area is 139 Å². The Bertz CT molecular complexity index is 783. The molecule has 116 valence electrons. The van der Waals surface area contributed by atoms with Crippen LogP contribution < -0.4 is 0 Å². The second-order valence-electron chi connectivity index (χ2n) is 6.34. The van der Waals surface area contributed by atoms with Gasteiger partial charge in [0.2, 0.25) is 0 Å². The van der Waals surface area contributed by atoms with E-state index in [2.05, 4.69) is 86.6 Å². The molecular weight excluding hydrogens is 276 g/mol. The Morgan fingerprint density at radius 3 is 1.52 bits per heavy atom. The van der Waals surface area contributed by atoms with Crippen LogP contribution in [0, 0.1) is 6.92 Å². The van der Waals surface area contributed by atoms with Gasteiger partial charge < -0.3 is 0 Å². The number of hydrogen-bond donors (Lipinski definition) is 0. The SMILES string of the molecule is CCc1cccc(Cc2cccc(Cc3cccc(C)c3)c2)c1. The molecular formula is C23H24. The van der Waals surface area contributed by atoms with Crippen LogP contribution in [0.3, 0.4) is 0 Å². The summed E-state index contributed by atoms with van der Waals surface area (Å²) in [6, 6.07) is 26.7.